The summed E-state index contributed by atoms with van der Waals surface area (Å²) in [6, 6.07) is 15.3. The molecule has 3 aromatic carbocycles. The molecule has 1 aromatic heterocycles. The zero-order valence-corrected chi connectivity index (χ0v) is 22.7. The number of nitrogens with one attached hydrogen (secondary N) is 1. The van der Waals surface area contributed by atoms with E-state index < -0.39 is 18.0 Å². The third-order valence-corrected chi connectivity index (χ3v) is 8.06. The van der Waals surface area contributed by atoms with Gasteiger partial charge in [0.15, 0.2) is 5.58 Å². The Morgan fingerprint density at radius 2 is 1.97 bits per heavy atom. The van der Waals surface area contributed by atoms with Crippen molar-refractivity contribution >= 4 is 44.7 Å². The van der Waals surface area contributed by atoms with E-state index in [1.165, 1.54) is 22.6 Å². The van der Waals surface area contributed by atoms with Crippen LogP contribution in [0.1, 0.15) is 40.9 Å². The number of fused-ring (bicyclic) bond motifs is 2. The Morgan fingerprint density at radius 1 is 1.15 bits per heavy atom. The van der Waals surface area contributed by atoms with Gasteiger partial charge in [-0.25, -0.2) is 14.2 Å². The molecular formula is C29H26BrFN4O4. The number of anilines is 1. The molecule has 2 N–H and O–H groups in total. The molecule has 0 spiro atoms. The summed E-state index contributed by atoms with van der Waals surface area (Å²) in [6.07, 6.45) is 0.772. The van der Waals surface area contributed by atoms with Crippen molar-refractivity contribution in [2.24, 2.45) is 0 Å². The summed E-state index contributed by atoms with van der Waals surface area (Å²) in [6.45, 7) is 3.33. The van der Waals surface area contributed by atoms with Gasteiger partial charge in [-0.05, 0) is 77.2 Å². The summed E-state index contributed by atoms with van der Waals surface area (Å²) in [5.41, 5.74) is 4.10. The molecule has 3 heterocycles. The quantitative estimate of drug-likeness (QED) is 0.315. The summed E-state index contributed by atoms with van der Waals surface area (Å²) >= 11 is 3.50. The van der Waals surface area contributed by atoms with Gasteiger partial charge in [-0.1, -0.05) is 24.3 Å². The predicted molar refractivity (Wildman–Crippen MR) is 148 cm³/mol. The predicted octanol–water partition coefficient (Wildman–Crippen LogP) is 5.75. The lowest BCUT2D eigenvalue weighted by Crippen LogP contribution is -2.38. The van der Waals surface area contributed by atoms with Crippen LogP contribution < -0.4 is 5.32 Å². The number of likely N-dealkylation sites (tertiary alicyclic amines) is 1. The highest BCUT2D eigenvalue weighted by atomic mass is 79.9. The molecule has 2 aliphatic heterocycles. The highest BCUT2D eigenvalue weighted by molar-refractivity contribution is 9.10. The molecular weight excluding hydrogens is 567 g/mol. The van der Waals surface area contributed by atoms with Gasteiger partial charge in [0.25, 0.3) is 5.91 Å². The van der Waals surface area contributed by atoms with E-state index in [1.54, 1.807) is 18.2 Å². The Kier molecular flexibility index (Phi) is 6.60. The molecule has 6 rings (SSSR count). The fourth-order valence-electron chi connectivity index (χ4n) is 5.34. The average Bonchev–Trinajstić information content (AvgIpc) is 3.55. The maximum Gasteiger partial charge on any atom is 0.321 e. The first kappa shape index (κ1) is 25.5. The normalized spacial score (nSPS) is 18.9. The van der Waals surface area contributed by atoms with Gasteiger partial charge < -0.3 is 24.6 Å². The van der Waals surface area contributed by atoms with Crippen LogP contribution in [0.4, 0.5) is 14.9 Å². The molecule has 10 heteroatoms. The Bertz CT molecular complexity index is 1610. The van der Waals surface area contributed by atoms with Gasteiger partial charge >= 0.3 is 6.03 Å². The summed E-state index contributed by atoms with van der Waals surface area (Å²) in [7, 11) is 0. The minimum Gasteiger partial charge on any atom is -0.436 e. The van der Waals surface area contributed by atoms with Crippen LogP contribution in [0.25, 0.3) is 22.6 Å². The number of rotatable bonds is 3. The highest BCUT2D eigenvalue weighted by Crippen LogP contribution is 2.35. The minimum atomic E-state index is -0.617. The van der Waals surface area contributed by atoms with Gasteiger partial charge in [0, 0.05) is 35.4 Å². The first-order valence-electron chi connectivity index (χ1n) is 12.8. The molecule has 2 atom stereocenters. The lowest BCUT2D eigenvalue weighted by atomic mass is 9.93. The number of aromatic nitrogens is 1. The SMILES string of the molecule is C[C@@H]1c2ccccc2CCN1C(=O)c1cc(Br)c2nc(-c3ccc(NC(=O)N4CCC(O)C4)cc3F)oc2c1. The second-order valence-electron chi connectivity index (χ2n) is 9.96. The van der Waals surface area contributed by atoms with Crippen LogP contribution in [-0.2, 0) is 6.42 Å². The number of carbonyl (C=O) groups is 2. The number of carbonyl (C=O) groups excluding carboxylic acids is 2. The molecule has 0 radical (unpaired) electrons. The third kappa shape index (κ3) is 4.79. The molecule has 3 amide bonds. The van der Waals surface area contributed by atoms with Gasteiger partial charge in [-0.3, -0.25) is 4.79 Å². The van der Waals surface area contributed by atoms with Crippen molar-refractivity contribution in [1.82, 2.24) is 14.8 Å². The number of nitrogens with zero attached hydrogens (tertiary/aromatic N) is 3. The minimum absolute atomic E-state index is 0.0635. The molecule has 0 aliphatic carbocycles. The van der Waals surface area contributed by atoms with Crippen molar-refractivity contribution in [1.29, 1.82) is 0 Å². The number of urea groups is 1. The molecule has 2 aliphatic rings. The number of halogens is 2. The third-order valence-electron chi connectivity index (χ3n) is 7.45. The van der Waals surface area contributed by atoms with Gasteiger partial charge in [0.2, 0.25) is 5.89 Å². The maximum atomic E-state index is 15.1. The van der Waals surface area contributed by atoms with Crippen LogP contribution >= 0.6 is 15.9 Å². The number of hydrogen-bond donors (Lipinski definition) is 2. The smallest absolute Gasteiger partial charge is 0.321 e. The van der Waals surface area contributed by atoms with Crippen LogP contribution in [0.15, 0.2) is 63.5 Å². The van der Waals surface area contributed by atoms with E-state index in [0.717, 1.165) is 12.0 Å². The Labute approximate surface area is 232 Å². The topological polar surface area (TPSA) is 98.9 Å². The van der Waals surface area contributed by atoms with E-state index in [9.17, 15) is 14.7 Å². The summed E-state index contributed by atoms with van der Waals surface area (Å²) in [5, 5.41) is 12.3. The standard InChI is InChI=1S/C29H26BrFN4O4/c1-16-21-5-3-2-4-17(21)8-11-35(16)28(37)18-12-23(30)26-25(13-18)39-27(33-26)22-7-6-19(14-24(22)31)32-29(38)34-10-9-20(36)15-34/h2-7,12-14,16,20,36H,8-11,15H2,1H3,(H,32,38)/t16-,20?/m1/s1. The van der Waals surface area contributed by atoms with Gasteiger partial charge in [0.1, 0.15) is 11.3 Å². The van der Waals surface area contributed by atoms with Crippen LogP contribution in [-0.4, -0.2) is 57.6 Å². The molecule has 1 fully saturated rings. The monoisotopic (exact) mass is 592 g/mol. The molecule has 4 aromatic rings. The summed E-state index contributed by atoms with van der Waals surface area (Å²) in [5.74, 6) is -0.669. The lowest BCUT2D eigenvalue weighted by Gasteiger charge is -2.35. The van der Waals surface area contributed by atoms with Crippen molar-refractivity contribution in [3.05, 3.63) is 81.6 Å². The van der Waals surface area contributed by atoms with E-state index in [4.69, 9.17) is 4.42 Å². The van der Waals surface area contributed by atoms with Crippen molar-refractivity contribution in [2.45, 2.75) is 31.9 Å². The summed E-state index contributed by atoms with van der Waals surface area (Å²) < 4.78 is 21.6. The van der Waals surface area contributed by atoms with Gasteiger partial charge in [0.05, 0.1) is 17.7 Å². The van der Waals surface area contributed by atoms with E-state index in [2.05, 4.69) is 38.4 Å². The molecule has 39 heavy (non-hydrogen) atoms. The molecule has 0 saturated carbocycles. The fraction of sp³-hybridized carbons (Fsp3) is 0.276. The number of hydrogen-bond acceptors (Lipinski definition) is 5. The molecule has 1 saturated heterocycles. The number of amides is 3. The summed E-state index contributed by atoms with van der Waals surface area (Å²) in [4.78, 5) is 33.7. The van der Waals surface area contributed by atoms with E-state index in [1.807, 2.05) is 24.0 Å². The van der Waals surface area contributed by atoms with Crippen molar-refractivity contribution < 1.29 is 23.5 Å². The zero-order chi connectivity index (χ0) is 27.3. The number of aliphatic hydroxyl groups excluding tert-OH is 1. The lowest BCUT2D eigenvalue weighted by molar-refractivity contribution is 0.0677. The Morgan fingerprint density at radius 3 is 2.74 bits per heavy atom. The highest BCUT2D eigenvalue weighted by Gasteiger charge is 2.29. The largest absolute Gasteiger partial charge is 0.436 e. The van der Waals surface area contributed by atoms with Crippen molar-refractivity contribution in [2.75, 3.05) is 25.0 Å². The van der Waals surface area contributed by atoms with Crippen LogP contribution in [0.2, 0.25) is 0 Å². The van der Waals surface area contributed by atoms with Crippen LogP contribution in [0, 0.1) is 5.82 Å². The van der Waals surface area contributed by atoms with Crippen LogP contribution in [0.3, 0.4) is 0 Å². The molecule has 8 nitrogen and oxygen atoms in total. The number of aliphatic hydroxyl groups is 1. The fourth-order valence-corrected chi connectivity index (χ4v) is 5.87. The van der Waals surface area contributed by atoms with Gasteiger partial charge in [-0.15, -0.1) is 0 Å². The molecule has 0 bridgehead atoms. The van der Waals surface area contributed by atoms with Crippen molar-refractivity contribution in [3.63, 3.8) is 0 Å². The number of β-amino-alcohol motifs (C(OH)–C–C–N with tert-alkyl or cyclic N) is 1. The molecule has 200 valence electrons. The second kappa shape index (κ2) is 10.1. The zero-order valence-electron chi connectivity index (χ0n) is 21.2. The van der Waals surface area contributed by atoms with E-state index in [-0.39, 0.29) is 35.6 Å². The van der Waals surface area contributed by atoms with Crippen LogP contribution in [0.5, 0.6) is 0 Å². The van der Waals surface area contributed by atoms with E-state index >= 15 is 4.39 Å². The van der Waals surface area contributed by atoms with Gasteiger partial charge in [-0.2, -0.15) is 0 Å². The van der Waals surface area contributed by atoms with Crippen molar-refractivity contribution in [3.8, 4) is 11.5 Å². The Hall–Kier alpha value is -3.76. The number of benzene rings is 3. The Balaban J connectivity index is 1.24. The van der Waals surface area contributed by atoms with E-state index in [0.29, 0.717) is 40.6 Å². The maximum absolute atomic E-state index is 15.1. The second-order valence-corrected chi connectivity index (χ2v) is 10.8. The number of oxazole rings is 1. The first-order chi connectivity index (χ1) is 18.8. The molecule has 1 unspecified atom stereocenters. The average molecular weight is 593 g/mol. The first-order valence-corrected chi connectivity index (χ1v) is 13.6.